The molecule has 0 aliphatic heterocycles. The number of rotatable bonds is 6. The number of hydrogen-bond acceptors (Lipinski definition) is 13. The zero-order chi connectivity index (χ0) is 36.4. The molecule has 1 N–H and O–H groups in total. The minimum atomic E-state index is -2.33. The molecule has 1 aromatic rings. The highest BCUT2D eigenvalue weighted by Crippen LogP contribution is 2.52. The maximum atomic E-state index is 14.5. The van der Waals surface area contributed by atoms with E-state index < -0.39 is 106 Å². The first kappa shape index (κ1) is 37.8. The van der Waals surface area contributed by atoms with Crippen LogP contribution >= 0.6 is 0 Å². The van der Waals surface area contributed by atoms with Gasteiger partial charge in [-0.1, -0.05) is 43.9 Å². The molecule has 0 saturated heterocycles. The summed E-state index contributed by atoms with van der Waals surface area (Å²) >= 11 is 0. The van der Waals surface area contributed by atoms with Gasteiger partial charge in [-0.25, -0.2) is 4.79 Å². The summed E-state index contributed by atoms with van der Waals surface area (Å²) in [7, 11) is 0. The first-order chi connectivity index (χ1) is 22.1. The number of fused-ring (bicyclic) bond motifs is 1. The van der Waals surface area contributed by atoms with Gasteiger partial charge in [0.25, 0.3) is 0 Å². The molecule has 0 spiro atoms. The molecule has 3 rings (SSSR count). The molecule has 2 aliphatic rings. The highest BCUT2D eigenvalue weighted by Gasteiger charge is 2.70. The molecule has 1 fully saturated rings. The van der Waals surface area contributed by atoms with Gasteiger partial charge in [0.1, 0.15) is 17.8 Å². The first-order valence-corrected chi connectivity index (χ1v) is 15.3. The zero-order valence-electron chi connectivity index (χ0n) is 28.3. The molecule has 8 atom stereocenters. The molecule has 0 heterocycles. The van der Waals surface area contributed by atoms with Gasteiger partial charge in [0.15, 0.2) is 23.3 Å². The van der Waals surface area contributed by atoms with Gasteiger partial charge >= 0.3 is 29.8 Å². The second-order valence-electron chi connectivity index (χ2n) is 13.0. The van der Waals surface area contributed by atoms with Crippen molar-refractivity contribution in [2.75, 3.05) is 0 Å². The highest BCUT2D eigenvalue weighted by molar-refractivity contribution is 5.97. The van der Waals surface area contributed by atoms with Crippen LogP contribution in [0.1, 0.15) is 72.2 Å². The molecule has 260 valence electrons. The maximum Gasteiger partial charge on any atom is 0.338 e. The predicted molar refractivity (Wildman–Crippen MR) is 167 cm³/mol. The Morgan fingerprint density at radius 2 is 1.31 bits per heavy atom. The third-order valence-corrected chi connectivity index (χ3v) is 8.40. The van der Waals surface area contributed by atoms with Gasteiger partial charge < -0.3 is 28.8 Å². The van der Waals surface area contributed by atoms with Crippen LogP contribution in [-0.4, -0.2) is 82.1 Å². The van der Waals surface area contributed by atoms with Crippen LogP contribution in [0.4, 0.5) is 0 Å². The second-order valence-corrected chi connectivity index (χ2v) is 13.0. The van der Waals surface area contributed by atoms with Gasteiger partial charge in [0.2, 0.25) is 6.10 Å². The number of Topliss-reactive ketones (excluding diaryl/α,β-unsaturated/α-hetero) is 2. The van der Waals surface area contributed by atoms with Crippen molar-refractivity contribution < 1.29 is 62.4 Å². The molecule has 1 saturated carbocycles. The fourth-order valence-corrected chi connectivity index (χ4v) is 6.37. The number of ether oxygens (including phenoxy) is 5. The molecule has 0 radical (unpaired) electrons. The number of carbonyl (C=O) groups excluding carboxylic acids is 7. The van der Waals surface area contributed by atoms with E-state index in [0.29, 0.717) is 0 Å². The second kappa shape index (κ2) is 14.2. The van der Waals surface area contributed by atoms with E-state index in [9.17, 15) is 38.7 Å². The number of ketones is 2. The van der Waals surface area contributed by atoms with E-state index in [2.05, 4.69) is 6.58 Å². The third kappa shape index (κ3) is 7.89. The smallest absolute Gasteiger partial charge is 0.338 e. The van der Waals surface area contributed by atoms with Crippen molar-refractivity contribution in [3.8, 4) is 0 Å². The Bertz CT molecular complexity index is 1520. The van der Waals surface area contributed by atoms with E-state index in [4.69, 9.17) is 23.7 Å². The summed E-state index contributed by atoms with van der Waals surface area (Å²) in [5.41, 5.74) is -6.22. The SMILES string of the molecule is C=C1[C@@H](OC(C)=O)[C@H]2[C@@H](OC(C)=O)[C@](C)(O)C[C@]2(OC(C)=O)C(=O)[C@H](C)/C=C/C(C)(C)C(=O)[C@H](OC(=O)c2ccccc2)[C@H]1OC(C)=O. The Hall–Kier alpha value is -4.65. The van der Waals surface area contributed by atoms with Crippen molar-refractivity contribution in [1.82, 2.24) is 0 Å². The molecule has 13 nitrogen and oxygen atoms in total. The molecule has 0 aromatic heterocycles. The summed E-state index contributed by atoms with van der Waals surface area (Å²) in [4.78, 5) is 92.7. The van der Waals surface area contributed by atoms with Gasteiger partial charge in [-0.05, 0) is 32.9 Å². The predicted octanol–water partition coefficient (Wildman–Crippen LogP) is 3.01. The minimum absolute atomic E-state index is 0.0587. The Balaban J connectivity index is 2.45. The number of carbonyl (C=O) groups is 7. The van der Waals surface area contributed by atoms with Crippen LogP contribution in [0.2, 0.25) is 0 Å². The van der Waals surface area contributed by atoms with Gasteiger partial charge in [-0.15, -0.1) is 0 Å². The standard InChI is InChI=1S/C35H42O13/c1-18-15-16-33(7,8)30(41)28(47-32(42)24-13-11-10-12-14-24)27(45-21(4)37)19(2)26(44-20(3)36)25-31(46-22(5)38)34(9,43)17-35(25,29(18)40)48-23(6)39/h10-16,18,25-28,31,43H,2,17H2,1,3-9H3/b16-15+/t18-,25+,26-,27+,28-,31-,34-,35-/m1/s1. The molecule has 13 heteroatoms. The van der Waals surface area contributed by atoms with Crippen molar-refractivity contribution in [3.63, 3.8) is 0 Å². The first-order valence-electron chi connectivity index (χ1n) is 15.3. The zero-order valence-corrected chi connectivity index (χ0v) is 28.3. The van der Waals surface area contributed by atoms with E-state index in [1.54, 1.807) is 18.2 Å². The Kier molecular flexibility index (Phi) is 11.2. The van der Waals surface area contributed by atoms with Crippen LogP contribution < -0.4 is 0 Å². The number of allylic oxidation sites excluding steroid dienone is 2. The maximum absolute atomic E-state index is 14.5. The van der Waals surface area contributed by atoms with Gasteiger partial charge in [-0.2, -0.15) is 0 Å². The van der Waals surface area contributed by atoms with Crippen molar-refractivity contribution in [1.29, 1.82) is 0 Å². The molecule has 48 heavy (non-hydrogen) atoms. The average Bonchev–Trinajstić information content (AvgIpc) is 3.19. The fourth-order valence-electron chi connectivity index (χ4n) is 6.37. The monoisotopic (exact) mass is 670 g/mol. The van der Waals surface area contributed by atoms with Crippen molar-refractivity contribution >= 4 is 41.4 Å². The van der Waals surface area contributed by atoms with Crippen LogP contribution in [0, 0.1) is 17.3 Å². The largest absolute Gasteiger partial charge is 0.459 e. The van der Waals surface area contributed by atoms with Crippen molar-refractivity contribution in [3.05, 3.63) is 60.2 Å². The molecular weight excluding hydrogens is 628 g/mol. The van der Waals surface area contributed by atoms with Crippen LogP contribution in [0.5, 0.6) is 0 Å². The lowest BCUT2D eigenvalue weighted by molar-refractivity contribution is -0.187. The van der Waals surface area contributed by atoms with Crippen molar-refractivity contribution in [2.24, 2.45) is 17.3 Å². The summed E-state index contributed by atoms with van der Waals surface area (Å²) in [5.74, 6) is -9.11. The van der Waals surface area contributed by atoms with E-state index in [1.165, 1.54) is 52.0 Å². The summed E-state index contributed by atoms with van der Waals surface area (Å²) in [6, 6.07) is 7.68. The van der Waals surface area contributed by atoms with Crippen LogP contribution in [0.3, 0.4) is 0 Å². The molecule has 0 unspecified atom stereocenters. The van der Waals surface area contributed by atoms with Gasteiger partial charge in [0, 0.05) is 51.0 Å². The summed E-state index contributed by atoms with van der Waals surface area (Å²) in [6.45, 7) is 13.8. The normalized spacial score (nSPS) is 32.4. The summed E-state index contributed by atoms with van der Waals surface area (Å²) < 4.78 is 28.4. The molecule has 0 amide bonds. The van der Waals surface area contributed by atoms with Crippen LogP contribution in [-0.2, 0) is 52.5 Å². The van der Waals surface area contributed by atoms with Crippen LogP contribution in [0.25, 0.3) is 0 Å². The highest BCUT2D eigenvalue weighted by atomic mass is 16.6. The molecular formula is C35H42O13. The summed E-state index contributed by atoms with van der Waals surface area (Å²) in [6.07, 6.45) is -5.15. The third-order valence-electron chi connectivity index (χ3n) is 8.40. The van der Waals surface area contributed by atoms with E-state index >= 15 is 0 Å². The van der Waals surface area contributed by atoms with E-state index in [0.717, 1.165) is 27.7 Å². The minimum Gasteiger partial charge on any atom is -0.459 e. The van der Waals surface area contributed by atoms with Gasteiger partial charge in [-0.3, -0.25) is 28.8 Å². The lowest BCUT2D eigenvalue weighted by Gasteiger charge is -2.42. The van der Waals surface area contributed by atoms with Crippen molar-refractivity contribution in [2.45, 2.75) is 97.4 Å². The number of aliphatic hydroxyl groups is 1. The average molecular weight is 671 g/mol. The number of benzene rings is 1. The topological polar surface area (TPSA) is 186 Å². The van der Waals surface area contributed by atoms with Crippen LogP contribution in [0.15, 0.2) is 54.6 Å². The lowest BCUT2D eigenvalue weighted by Crippen LogP contribution is -2.58. The van der Waals surface area contributed by atoms with E-state index in [-0.39, 0.29) is 5.56 Å². The lowest BCUT2D eigenvalue weighted by atomic mass is 9.72. The number of hydrogen-bond donors (Lipinski definition) is 1. The summed E-state index contributed by atoms with van der Waals surface area (Å²) in [5, 5.41) is 11.7. The molecule has 1 aromatic carbocycles. The Labute approximate surface area is 278 Å². The van der Waals surface area contributed by atoms with E-state index in [1.807, 2.05) is 0 Å². The molecule has 0 bridgehead atoms. The molecule has 2 aliphatic carbocycles. The Morgan fingerprint density at radius 3 is 1.83 bits per heavy atom. The van der Waals surface area contributed by atoms with Gasteiger partial charge in [0.05, 0.1) is 11.5 Å². The quantitative estimate of drug-likeness (QED) is 0.265. The Morgan fingerprint density at radius 1 is 0.771 bits per heavy atom. The fraction of sp³-hybridized carbons (Fsp3) is 0.514. The number of esters is 5.